The number of para-hydroxylation sites is 1. The lowest BCUT2D eigenvalue weighted by Crippen LogP contribution is -2.48. The molecule has 0 saturated heterocycles. The zero-order valence-corrected chi connectivity index (χ0v) is 19.6. The number of hydrogen-bond acceptors (Lipinski definition) is 3. The number of carbonyl (C=O) groups excluding carboxylic acids is 1. The lowest BCUT2D eigenvalue weighted by molar-refractivity contribution is -0.166. The van der Waals surface area contributed by atoms with E-state index in [0.717, 1.165) is 21.1 Å². The van der Waals surface area contributed by atoms with Gasteiger partial charge in [0.1, 0.15) is 17.6 Å². The van der Waals surface area contributed by atoms with E-state index < -0.39 is 6.10 Å². The molecule has 1 aliphatic carbocycles. The zero-order chi connectivity index (χ0) is 21.0. The van der Waals surface area contributed by atoms with Crippen molar-refractivity contribution in [1.82, 2.24) is 0 Å². The van der Waals surface area contributed by atoms with Gasteiger partial charge in [0, 0.05) is 5.56 Å². The second-order valence-electron chi connectivity index (χ2n) is 7.75. The molecular weight excluding hydrogens is 496 g/mol. The van der Waals surface area contributed by atoms with Gasteiger partial charge in [-0.3, -0.25) is 4.79 Å². The zero-order valence-electron chi connectivity index (χ0n) is 16.5. The van der Waals surface area contributed by atoms with Crippen LogP contribution >= 0.6 is 31.9 Å². The number of halogens is 2. The summed E-state index contributed by atoms with van der Waals surface area (Å²) in [5, 5.41) is 0. The van der Waals surface area contributed by atoms with Crippen LogP contribution in [0.15, 0.2) is 76.7 Å². The Balaban J connectivity index is 1.69. The highest BCUT2D eigenvalue weighted by Gasteiger charge is 2.51. The van der Waals surface area contributed by atoms with Crippen molar-refractivity contribution < 1.29 is 14.3 Å². The van der Waals surface area contributed by atoms with Crippen molar-refractivity contribution in [1.29, 1.82) is 0 Å². The van der Waals surface area contributed by atoms with E-state index in [0.29, 0.717) is 11.7 Å². The van der Waals surface area contributed by atoms with Gasteiger partial charge in [-0.2, -0.15) is 0 Å². The van der Waals surface area contributed by atoms with Gasteiger partial charge in [0.15, 0.2) is 0 Å². The predicted octanol–water partition coefficient (Wildman–Crippen LogP) is 7.54. The van der Waals surface area contributed by atoms with Gasteiger partial charge in [0.2, 0.25) is 0 Å². The van der Waals surface area contributed by atoms with Crippen LogP contribution in [0.3, 0.4) is 0 Å². The van der Waals surface area contributed by atoms with Gasteiger partial charge in [-0.1, -0.05) is 56.8 Å². The summed E-state index contributed by atoms with van der Waals surface area (Å²) < 4.78 is 12.6. The molecular formula is C24H24Br2O3. The largest absolute Gasteiger partial charge is 0.457 e. The third kappa shape index (κ3) is 5.20. The maximum Gasteiger partial charge on any atom is 0.310 e. The van der Waals surface area contributed by atoms with E-state index in [1.807, 2.05) is 54.6 Å². The maximum absolute atomic E-state index is 12.8. The van der Waals surface area contributed by atoms with Crippen LogP contribution in [0.4, 0.5) is 0 Å². The molecule has 5 heteroatoms. The van der Waals surface area contributed by atoms with Crippen molar-refractivity contribution in [2.45, 2.75) is 26.4 Å². The van der Waals surface area contributed by atoms with Crippen molar-refractivity contribution in [3.8, 4) is 11.5 Å². The Morgan fingerprint density at radius 1 is 1.14 bits per heavy atom. The summed E-state index contributed by atoms with van der Waals surface area (Å²) in [6, 6.07) is 17.1. The average molecular weight is 520 g/mol. The monoisotopic (exact) mass is 518 g/mol. The van der Waals surface area contributed by atoms with Gasteiger partial charge >= 0.3 is 5.97 Å². The van der Waals surface area contributed by atoms with Gasteiger partial charge in [-0.25, -0.2) is 0 Å². The number of rotatable bonds is 7. The molecule has 0 bridgehead atoms. The molecule has 0 amide bonds. The first-order chi connectivity index (χ1) is 13.8. The first-order valence-corrected chi connectivity index (χ1v) is 11.1. The number of carbonyl (C=O) groups is 1. The quantitative estimate of drug-likeness (QED) is 0.280. The van der Waals surface area contributed by atoms with Crippen LogP contribution in [-0.4, -0.2) is 5.97 Å². The molecule has 29 heavy (non-hydrogen) atoms. The minimum absolute atomic E-state index is 0.144. The van der Waals surface area contributed by atoms with Gasteiger partial charge in [-0.05, 0) is 80.0 Å². The Bertz CT molecular complexity index is 901. The predicted molar refractivity (Wildman–Crippen MR) is 123 cm³/mol. The molecule has 0 aliphatic heterocycles. The van der Waals surface area contributed by atoms with Gasteiger partial charge in [0.05, 0.1) is 9.31 Å². The molecule has 3 rings (SSSR count). The molecule has 3 atom stereocenters. The number of esters is 1. The van der Waals surface area contributed by atoms with Crippen molar-refractivity contribution in [3.05, 3.63) is 82.3 Å². The Morgan fingerprint density at radius 2 is 1.83 bits per heavy atom. The second kappa shape index (κ2) is 9.31. The highest BCUT2D eigenvalue weighted by Crippen LogP contribution is 2.53. The molecule has 1 aliphatic rings. The minimum atomic E-state index is -0.518. The molecule has 2 aromatic rings. The van der Waals surface area contributed by atoms with Crippen LogP contribution in [0, 0.1) is 17.3 Å². The highest BCUT2D eigenvalue weighted by molar-refractivity contribution is 9.28. The number of hydrogen-bond donors (Lipinski definition) is 0. The van der Waals surface area contributed by atoms with E-state index in [1.165, 1.54) is 0 Å². The van der Waals surface area contributed by atoms with E-state index >= 15 is 0 Å². The Hall–Kier alpha value is -1.85. The second-order valence-corrected chi connectivity index (χ2v) is 10.5. The van der Waals surface area contributed by atoms with Crippen LogP contribution in [0.1, 0.15) is 31.9 Å². The van der Waals surface area contributed by atoms with E-state index in [1.54, 1.807) is 6.08 Å². The van der Waals surface area contributed by atoms with E-state index in [4.69, 9.17) is 9.47 Å². The average Bonchev–Trinajstić information content (AvgIpc) is 2.69. The molecule has 0 N–H and O–H groups in total. The lowest BCUT2D eigenvalue weighted by atomic mass is 9.55. The summed E-state index contributed by atoms with van der Waals surface area (Å²) in [6.45, 7) is 8.06. The van der Waals surface area contributed by atoms with Crippen molar-refractivity contribution in [3.63, 3.8) is 0 Å². The molecule has 3 unspecified atom stereocenters. The third-order valence-corrected chi connectivity index (χ3v) is 6.11. The topological polar surface area (TPSA) is 35.5 Å². The molecule has 0 spiro atoms. The molecule has 1 fully saturated rings. The molecule has 2 aromatic carbocycles. The van der Waals surface area contributed by atoms with Crippen molar-refractivity contribution in [2.75, 3.05) is 0 Å². The van der Waals surface area contributed by atoms with E-state index in [-0.39, 0.29) is 17.3 Å². The maximum atomic E-state index is 12.8. The fourth-order valence-corrected chi connectivity index (χ4v) is 4.27. The van der Waals surface area contributed by atoms with Crippen molar-refractivity contribution >= 4 is 37.8 Å². The van der Waals surface area contributed by atoms with E-state index in [2.05, 4.69) is 58.4 Å². The molecule has 152 valence electrons. The number of ether oxygens (including phenoxy) is 2. The summed E-state index contributed by atoms with van der Waals surface area (Å²) in [7, 11) is 0. The minimum Gasteiger partial charge on any atom is -0.457 e. The third-order valence-electron chi connectivity index (χ3n) is 5.58. The number of benzene rings is 2. The lowest BCUT2D eigenvalue weighted by Gasteiger charge is -2.49. The highest BCUT2D eigenvalue weighted by atomic mass is 79.9. The summed E-state index contributed by atoms with van der Waals surface area (Å²) in [4.78, 5) is 12.8. The Labute approximate surface area is 189 Å². The molecule has 0 aromatic heterocycles. The molecule has 3 nitrogen and oxygen atoms in total. The normalized spacial score (nSPS) is 20.7. The van der Waals surface area contributed by atoms with Crippen LogP contribution in [0.25, 0.3) is 0 Å². The standard InChI is InChI=1S/C24H24Br2O3/c1-4-21(29-23(27)20-14-17(15-22(25)26)24(20,2)3)16-9-8-12-19(13-16)28-18-10-6-5-7-11-18/h4-13,15,17,20-21H,1,14H2,2-3H3. The van der Waals surface area contributed by atoms with Gasteiger partial charge in [-0.15, -0.1) is 0 Å². The number of allylic oxidation sites excluding steroid dienone is 1. The first kappa shape index (κ1) is 21.8. The Kier molecular flexibility index (Phi) is 7.01. The van der Waals surface area contributed by atoms with Crippen LogP contribution in [0.5, 0.6) is 11.5 Å². The van der Waals surface area contributed by atoms with Crippen molar-refractivity contribution in [2.24, 2.45) is 17.3 Å². The SMILES string of the molecule is C=CC(OC(=O)C1CC(C=C(Br)Br)C1(C)C)c1cccc(Oc2ccccc2)c1. The Morgan fingerprint density at radius 3 is 2.45 bits per heavy atom. The smallest absolute Gasteiger partial charge is 0.310 e. The van der Waals surface area contributed by atoms with Gasteiger partial charge < -0.3 is 9.47 Å². The molecule has 0 heterocycles. The summed E-state index contributed by atoms with van der Waals surface area (Å²) in [5.41, 5.74) is 0.673. The van der Waals surface area contributed by atoms with Gasteiger partial charge in [0.25, 0.3) is 0 Å². The van der Waals surface area contributed by atoms with Crippen LogP contribution in [0.2, 0.25) is 0 Å². The fourth-order valence-electron chi connectivity index (χ4n) is 3.63. The molecule has 1 saturated carbocycles. The first-order valence-electron chi connectivity index (χ1n) is 9.50. The fraction of sp³-hybridized carbons (Fsp3) is 0.292. The van der Waals surface area contributed by atoms with E-state index in [9.17, 15) is 4.79 Å². The molecule has 0 radical (unpaired) electrons. The van der Waals surface area contributed by atoms with Crippen LogP contribution < -0.4 is 4.74 Å². The summed E-state index contributed by atoms with van der Waals surface area (Å²) in [6.07, 6.45) is 4.00. The summed E-state index contributed by atoms with van der Waals surface area (Å²) in [5.74, 6) is 1.43. The van der Waals surface area contributed by atoms with Crippen LogP contribution in [-0.2, 0) is 9.53 Å². The summed E-state index contributed by atoms with van der Waals surface area (Å²) >= 11 is 6.81.